The number of carbonyl (C=O) groups is 2. The zero-order valence-electron chi connectivity index (χ0n) is 11.3. The third-order valence-electron chi connectivity index (χ3n) is 4.88. The first kappa shape index (κ1) is 11.9. The normalized spacial score (nSPS) is 22.5. The maximum atomic E-state index is 12.2. The molecule has 3 aliphatic rings. The zero-order chi connectivity index (χ0) is 13.9. The number of fused-ring (bicyclic) bond motifs is 1. The summed E-state index contributed by atoms with van der Waals surface area (Å²) in [5, 5.41) is 9.36. The molecule has 0 atom stereocenters. The molecule has 1 N–H and O–H groups in total. The lowest BCUT2D eigenvalue weighted by atomic mass is 9.94. The molecule has 0 saturated heterocycles. The van der Waals surface area contributed by atoms with Crippen molar-refractivity contribution in [2.45, 2.75) is 37.5 Å². The quantitative estimate of drug-likeness (QED) is 0.916. The number of aliphatic carboxylic acids is 1. The van der Waals surface area contributed by atoms with Crippen LogP contribution in [-0.4, -0.2) is 23.5 Å². The van der Waals surface area contributed by atoms with E-state index in [1.165, 1.54) is 0 Å². The maximum Gasteiger partial charge on any atom is 0.314 e. The smallest absolute Gasteiger partial charge is 0.314 e. The number of carboxylic acids is 1. The van der Waals surface area contributed by atoms with Gasteiger partial charge in [0, 0.05) is 18.2 Å². The predicted molar refractivity (Wildman–Crippen MR) is 73.8 cm³/mol. The minimum Gasteiger partial charge on any atom is -0.481 e. The first-order valence-corrected chi connectivity index (χ1v) is 7.30. The zero-order valence-corrected chi connectivity index (χ0v) is 11.3. The number of carbonyl (C=O) groups excluding carboxylic acids is 1. The summed E-state index contributed by atoms with van der Waals surface area (Å²) < 4.78 is 0. The van der Waals surface area contributed by atoms with Crippen molar-refractivity contribution in [3.63, 3.8) is 0 Å². The summed E-state index contributed by atoms with van der Waals surface area (Å²) in [5.41, 5.74) is 2.38. The Kier molecular flexibility index (Phi) is 2.29. The molecule has 20 heavy (non-hydrogen) atoms. The van der Waals surface area contributed by atoms with Crippen LogP contribution in [0.15, 0.2) is 18.2 Å². The largest absolute Gasteiger partial charge is 0.481 e. The van der Waals surface area contributed by atoms with Crippen LogP contribution in [0.5, 0.6) is 0 Å². The van der Waals surface area contributed by atoms with Crippen LogP contribution in [0.1, 0.15) is 36.8 Å². The lowest BCUT2D eigenvalue weighted by Crippen LogP contribution is -2.30. The Bertz CT molecular complexity index is 614. The Morgan fingerprint density at radius 1 is 1.25 bits per heavy atom. The van der Waals surface area contributed by atoms with Gasteiger partial charge in [-0.15, -0.1) is 0 Å². The van der Waals surface area contributed by atoms with Gasteiger partial charge in [-0.3, -0.25) is 9.59 Å². The van der Waals surface area contributed by atoms with Gasteiger partial charge < -0.3 is 10.0 Å². The summed E-state index contributed by atoms with van der Waals surface area (Å²) in [6.07, 6.45) is 4.34. The highest BCUT2D eigenvalue weighted by Gasteiger charge is 2.52. The van der Waals surface area contributed by atoms with Crippen molar-refractivity contribution >= 4 is 17.6 Å². The van der Waals surface area contributed by atoms with E-state index in [1.807, 2.05) is 23.1 Å². The van der Waals surface area contributed by atoms with E-state index in [4.69, 9.17) is 0 Å². The highest BCUT2D eigenvalue weighted by molar-refractivity contribution is 5.98. The van der Waals surface area contributed by atoms with Gasteiger partial charge in [-0.25, -0.2) is 0 Å². The van der Waals surface area contributed by atoms with Crippen LogP contribution in [0.3, 0.4) is 0 Å². The molecule has 0 aromatic heterocycles. The van der Waals surface area contributed by atoms with Gasteiger partial charge >= 0.3 is 5.97 Å². The molecule has 0 bridgehead atoms. The van der Waals surface area contributed by atoms with Crippen molar-refractivity contribution in [3.05, 3.63) is 29.3 Å². The Hall–Kier alpha value is -1.84. The minimum atomic E-state index is -0.721. The van der Waals surface area contributed by atoms with Crippen LogP contribution in [0.2, 0.25) is 0 Å². The molecule has 2 fully saturated rings. The van der Waals surface area contributed by atoms with Gasteiger partial charge in [0.25, 0.3) is 0 Å². The van der Waals surface area contributed by atoms with E-state index in [1.54, 1.807) is 0 Å². The number of carboxylic acid groups (broad SMARTS) is 1. The number of amides is 1. The Labute approximate surface area is 117 Å². The second-order valence-electron chi connectivity index (χ2n) is 6.24. The summed E-state index contributed by atoms with van der Waals surface area (Å²) in [7, 11) is 0. The van der Waals surface area contributed by atoms with Crippen LogP contribution in [0, 0.1) is 5.92 Å². The van der Waals surface area contributed by atoms with Crippen molar-refractivity contribution in [2.24, 2.45) is 5.92 Å². The standard InChI is InChI=1S/C16H17NO3/c18-14(10-1-2-10)17-8-5-11-9-12(3-4-13(11)17)16(6-7-16)15(19)20/h3-4,9-10H,1-2,5-8H2,(H,19,20). The number of rotatable bonds is 3. The fourth-order valence-corrected chi connectivity index (χ4v) is 3.23. The Balaban J connectivity index is 1.66. The number of nitrogens with zero attached hydrogens (tertiary/aromatic N) is 1. The summed E-state index contributed by atoms with van der Waals surface area (Å²) in [4.78, 5) is 25.5. The molecule has 0 radical (unpaired) electrons. The molecule has 1 amide bonds. The van der Waals surface area contributed by atoms with E-state index in [-0.39, 0.29) is 11.8 Å². The topological polar surface area (TPSA) is 57.6 Å². The summed E-state index contributed by atoms with van der Waals surface area (Å²) in [6.45, 7) is 0.744. The highest BCUT2D eigenvalue weighted by Crippen LogP contribution is 2.49. The van der Waals surface area contributed by atoms with Gasteiger partial charge in [0.05, 0.1) is 5.41 Å². The number of hydrogen-bond donors (Lipinski definition) is 1. The third-order valence-corrected chi connectivity index (χ3v) is 4.88. The molecule has 1 heterocycles. The predicted octanol–water partition coefficient (Wildman–Crippen LogP) is 2.10. The highest BCUT2D eigenvalue weighted by atomic mass is 16.4. The maximum absolute atomic E-state index is 12.2. The molecule has 0 unspecified atom stereocenters. The van der Waals surface area contributed by atoms with Crippen LogP contribution < -0.4 is 4.90 Å². The average molecular weight is 271 g/mol. The molecule has 0 spiro atoms. The van der Waals surface area contributed by atoms with E-state index in [0.717, 1.165) is 55.5 Å². The fraction of sp³-hybridized carbons (Fsp3) is 0.500. The van der Waals surface area contributed by atoms with Crippen molar-refractivity contribution in [1.29, 1.82) is 0 Å². The van der Waals surface area contributed by atoms with Crippen LogP contribution in [-0.2, 0) is 21.4 Å². The molecule has 4 nitrogen and oxygen atoms in total. The molecule has 4 rings (SSSR count). The number of anilines is 1. The van der Waals surface area contributed by atoms with Crippen LogP contribution in [0.4, 0.5) is 5.69 Å². The summed E-state index contributed by atoms with van der Waals surface area (Å²) in [6, 6.07) is 5.86. The van der Waals surface area contributed by atoms with Crippen LogP contribution >= 0.6 is 0 Å². The SMILES string of the molecule is O=C(C1CC1)N1CCc2cc(C3(C(=O)O)CC3)ccc21. The summed E-state index contributed by atoms with van der Waals surface area (Å²) >= 11 is 0. The van der Waals surface area contributed by atoms with E-state index in [0.29, 0.717) is 0 Å². The molecule has 4 heteroatoms. The molecule has 2 aliphatic carbocycles. The molecular weight excluding hydrogens is 254 g/mol. The Morgan fingerprint density at radius 2 is 2.00 bits per heavy atom. The van der Waals surface area contributed by atoms with E-state index in [9.17, 15) is 14.7 Å². The molecule has 104 valence electrons. The lowest BCUT2D eigenvalue weighted by Gasteiger charge is -2.18. The van der Waals surface area contributed by atoms with Gasteiger partial charge in [0.15, 0.2) is 0 Å². The monoisotopic (exact) mass is 271 g/mol. The second kappa shape index (κ2) is 3.84. The van der Waals surface area contributed by atoms with Crippen molar-refractivity contribution < 1.29 is 14.7 Å². The molecule has 1 aromatic rings. The molecule has 1 aliphatic heterocycles. The molecular formula is C16H17NO3. The number of benzene rings is 1. The molecule has 1 aromatic carbocycles. The van der Waals surface area contributed by atoms with Gasteiger partial charge in [0.2, 0.25) is 5.91 Å². The van der Waals surface area contributed by atoms with Gasteiger partial charge in [-0.05, 0) is 49.3 Å². The first-order valence-electron chi connectivity index (χ1n) is 7.30. The number of hydrogen-bond acceptors (Lipinski definition) is 2. The Morgan fingerprint density at radius 3 is 2.60 bits per heavy atom. The fourth-order valence-electron chi connectivity index (χ4n) is 3.23. The molecule has 2 saturated carbocycles. The van der Waals surface area contributed by atoms with Crippen molar-refractivity contribution in [3.8, 4) is 0 Å². The third kappa shape index (κ3) is 1.60. The van der Waals surface area contributed by atoms with E-state index < -0.39 is 11.4 Å². The van der Waals surface area contributed by atoms with Crippen LogP contribution in [0.25, 0.3) is 0 Å². The van der Waals surface area contributed by atoms with Gasteiger partial charge in [-0.2, -0.15) is 0 Å². The average Bonchev–Trinajstić information content (AvgIpc) is 3.33. The van der Waals surface area contributed by atoms with E-state index >= 15 is 0 Å². The van der Waals surface area contributed by atoms with Gasteiger partial charge in [0.1, 0.15) is 0 Å². The minimum absolute atomic E-state index is 0.231. The lowest BCUT2D eigenvalue weighted by molar-refractivity contribution is -0.140. The summed E-state index contributed by atoms with van der Waals surface area (Å²) in [5.74, 6) is -0.244. The second-order valence-corrected chi connectivity index (χ2v) is 6.24. The first-order chi connectivity index (χ1) is 9.62. The van der Waals surface area contributed by atoms with E-state index in [2.05, 4.69) is 0 Å². The van der Waals surface area contributed by atoms with Crippen molar-refractivity contribution in [1.82, 2.24) is 0 Å². The van der Waals surface area contributed by atoms with Crippen molar-refractivity contribution in [2.75, 3.05) is 11.4 Å². The van der Waals surface area contributed by atoms with Gasteiger partial charge in [-0.1, -0.05) is 12.1 Å².